The molecule has 1 saturated carbocycles. The molecule has 2 fully saturated rings. The Hall–Kier alpha value is -4.60. The molecule has 3 heterocycles. The van der Waals surface area contributed by atoms with E-state index in [1.807, 2.05) is 19.1 Å². The van der Waals surface area contributed by atoms with Crippen molar-refractivity contribution in [3.05, 3.63) is 78.5 Å². The number of rotatable bonds is 7. The second kappa shape index (κ2) is 11.0. The largest absolute Gasteiger partial charge is 0.397 e. The van der Waals surface area contributed by atoms with Crippen LogP contribution in [0.3, 0.4) is 0 Å². The van der Waals surface area contributed by atoms with Crippen molar-refractivity contribution < 1.29 is 14.1 Å². The number of hydrogen-bond donors (Lipinski definition) is 3. The topological polar surface area (TPSA) is 151 Å². The molecule has 2 aromatic heterocycles. The summed E-state index contributed by atoms with van der Waals surface area (Å²) >= 11 is 0. The zero-order valence-corrected chi connectivity index (χ0v) is 20.6. The first-order valence-corrected chi connectivity index (χ1v) is 11.9. The number of amides is 2. The Labute approximate surface area is 214 Å². The number of nitrogens with one attached hydrogen (secondary N) is 2. The lowest BCUT2D eigenvalue weighted by Gasteiger charge is -2.57. The molecule has 190 valence electrons. The second-order valence-corrected chi connectivity index (χ2v) is 9.21. The summed E-state index contributed by atoms with van der Waals surface area (Å²) in [5.41, 5.74) is 8.40. The van der Waals surface area contributed by atoms with Gasteiger partial charge in [0.1, 0.15) is 5.69 Å². The second-order valence-electron chi connectivity index (χ2n) is 9.21. The highest BCUT2D eigenvalue weighted by molar-refractivity contribution is 6.03. The zero-order valence-electron chi connectivity index (χ0n) is 20.6. The molecular weight excluding hydrogens is 470 g/mol. The van der Waals surface area contributed by atoms with Gasteiger partial charge in [0.15, 0.2) is 0 Å². The van der Waals surface area contributed by atoms with E-state index in [0.717, 1.165) is 44.1 Å². The number of allylic oxidation sites excluding steroid dienone is 2. The highest BCUT2D eigenvalue weighted by atomic mass is 16.5. The standard InChI is InChI=1S/C24H23N7O3.C3H6/c25-9-8-18(26)19-2-1-3-20(28-19)22(33)27-17-6-4-15(5-7-17)21-29-23(34-30-21)16-10-24(11-16)12-31(13-24)14-32;1-3-2/h1-9,14,16,25H,10-13,26H2,(H,27,33);3H,1H2,2H3/b18-8-,25-9?;. The molecule has 1 aliphatic heterocycles. The maximum Gasteiger partial charge on any atom is 0.274 e. The molecule has 5 rings (SSSR count). The fraction of sp³-hybridized carbons (Fsp3) is 0.259. The quantitative estimate of drug-likeness (QED) is 0.254. The summed E-state index contributed by atoms with van der Waals surface area (Å²) in [6.45, 7) is 6.88. The molecule has 2 aliphatic rings. The minimum Gasteiger partial charge on any atom is -0.397 e. The van der Waals surface area contributed by atoms with Gasteiger partial charge in [-0.05, 0) is 62.2 Å². The van der Waals surface area contributed by atoms with Gasteiger partial charge in [0.2, 0.25) is 18.1 Å². The maximum atomic E-state index is 12.6. The third-order valence-electron chi connectivity index (χ3n) is 6.32. The predicted molar refractivity (Wildman–Crippen MR) is 141 cm³/mol. The molecule has 3 aromatic rings. The van der Waals surface area contributed by atoms with Crippen LogP contribution >= 0.6 is 0 Å². The SMILES string of the molecule is C=CC.N=C/C=C(\N)c1cccc(C(=O)Nc2ccc(-c3noc(C4CC5(C4)CN(C=O)C5)n3)cc2)n1. The van der Waals surface area contributed by atoms with Crippen molar-refractivity contribution >= 4 is 29.9 Å². The normalized spacial score (nSPS) is 16.0. The predicted octanol–water partition coefficient (Wildman–Crippen LogP) is 3.86. The maximum absolute atomic E-state index is 12.6. The zero-order chi connectivity index (χ0) is 26.4. The minimum absolute atomic E-state index is 0.215. The number of aromatic nitrogens is 3. The number of benzene rings is 1. The van der Waals surface area contributed by atoms with E-state index in [9.17, 15) is 9.59 Å². The molecule has 37 heavy (non-hydrogen) atoms. The summed E-state index contributed by atoms with van der Waals surface area (Å²) in [4.78, 5) is 34.0. The highest BCUT2D eigenvalue weighted by Crippen LogP contribution is 2.55. The van der Waals surface area contributed by atoms with Crippen LogP contribution in [0.1, 0.15) is 47.8 Å². The van der Waals surface area contributed by atoms with Crippen molar-refractivity contribution in [3.63, 3.8) is 0 Å². The molecule has 0 atom stereocenters. The van der Waals surface area contributed by atoms with Gasteiger partial charge < -0.3 is 25.9 Å². The molecule has 0 bridgehead atoms. The van der Waals surface area contributed by atoms with Crippen molar-refractivity contribution in [3.8, 4) is 11.4 Å². The van der Waals surface area contributed by atoms with Gasteiger partial charge in [-0.2, -0.15) is 4.98 Å². The van der Waals surface area contributed by atoms with Gasteiger partial charge in [0.05, 0.1) is 11.4 Å². The van der Waals surface area contributed by atoms with E-state index in [1.165, 1.54) is 6.08 Å². The fourth-order valence-corrected chi connectivity index (χ4v) is 4.62. The minimum atomic E-state index is -0.373. The summed E-state index contributed by atoms with van der Waals surface area (Å²) in [6.07, 6.45) is 7.04. The van der Waals surface area contributed by atoms with E-state index < -0.39 is 0 Å². The van der Waals surface area contributed by atoms with Crippen LogP contribution in [0, 0.1) is 10.8 Å². The van der Waals surface area contributed by atoms with E-state index in [1.54, 1.807) is 41.3 Å². The number of carbonyl (C=O) groups excluding carboxylic acids is 2. The number of likely N-dealkylation sites (tertiary alicyclic amines) is 1. The number of nitrogens with zero attached hydrogens (tertiary/aromatic N) is 4. The molecule has 4 N–H and O–H groups in total. The Morgan fingerprint density at radius 2 is 1.86 bits per heavy atom. The van der Waals surface area contributed by atoms with Crippen molar-refractivity contribution in [2.45, 2.75) is 25.7 Å². The van der Waals surface area contributed by atoms with Crippen LogP contribution in [0.2, 0.25) is 0 Å². The molecule has 10 heteroatoms. The summed E-state index contributed by atoms with van der Waals surface area (Å²) in [7, 11) is 0. The average Bonchev–Trinajstić information content (AvgIpc) is 3.33. The molecule has 2 amide bonds. The van der Waals surface area contributed by atoms with Crippen LogP contribution in [0.4, 0.5) is 5.69 Å². The average molecular weight is 500 g/mol. The van der Waals surface area contributed by atoms with Gasteiger partial charge in [-0.25, -0.2) is 4.98 Å². The Kier molecular flexibility index (Phi) is 7.57. The van der Waals surface area contributed by atoms with Crippen molar-refractivity contribution in [1.29, 1.82) is 5.41 Å². The van der Waals surface area contributed by atoms with E-state index in [4.69, 9.17) is 15.7 Å². The van der Waals surface area contributed by atoms with Gasteiger partial charge in [0, 0.05) is 41.9 Å². The third kappa shape index (κ3) is 5.64. The van der Waals surface area contributed by atoms with Crippen molar-refractivity contribution in [1.82, 2.24) is 20.0 Å². The third-order valence-corrected chi connectivity index (χ3v) is 6.32. The van der Waals surface area contributed by atoms with E-state index in [-0.39, 0.29) is 22.9 Å². The number of carbonyl (C=O) groups is 2. The molecular formula is C27H29N7O3. The Morgan fingerprint density at radius 1 is 1.19 bits per heavy atom. The van der Waals surface area contributed by atoms with Crippen molar-refractivity contribution in [2.75, 3.05) is 18.4 Å². The smallest absolute Gasteiger partial charge is 0.274 e. The molecule has 1 spiro atoms. The molecule has 1 aliphatic carbocycles. The molecule has 0 unspecified atom stereocenters. The lowest BCUT2D eigenvalue weighted by molar-refractivity contribution is -0.138. The lowest BCUT2D eigenvalue weighted by atomic mass is 9.58. The van der Waals surface area contributed by atoms with Gasteiger partial charge in [0.25, 0.3) is 5.91 Å². The Morgan fingerprint density at radius 3 is 2.51 bits per heavy atom. The van der Waals surface area contributed by atoms with Crippen LogP contribution in [0.25, 0.3) is 17.1 Å². The molecule has 10 nitrogen and oxygen atoms in total. The molecule has 0 radical (unpaired) electrons. The van der Waals surface area contributed by atoms with Gasteiger partial charge in [-0.1, -0.05) is 17.3 Å². The summed E-state index contributed by atoms with van der Waals surface area (Å²) in [5, 5.41) is 14.0. The Balaban J connectivity index is 0.00000102. The summed E-state index contributed by atoms with van der Waals surface area (Å²) in [5.74, 6) is 0.992. The number of hydrogen-bond acceptors (Lipinski definition) is 8. The fourth-order valence-electron chi connectivity index (χ4n) is 4.62. The van der Waals surface area contributed by atoms with Crippen LogP contribution in [-0.4, -0.2) is 51.6 Å². The van der Waals surface area contributed by atoms with E-state index >= 15 is 0 Å². The van der Waals surface area contributed by atoms with Gasteiger partial charge in [-0.3, -0.25) is 9.59 Å². The van der Waals surface area contributed by atoms with Gasteiger partial charge >= 0.3 is 0 Å². The molecule has 1 saturated heterocycles. The van der Waals surface area contributed by atoms with Crippen molar-refractivity contribution in [2.24, 2.45) is 11.1 Å². The lowest BCUT2D eigenvalue weighted by Crippen LogP contribution is -2.61. The van der Waals surface area contributed by atoms with Crippen LogP contribution in [0.5, 0.6) is 0 Å². The van der Waals surface area contributed by atoms with E-state index in [2.05, 4.69) is 27.0 Å². The number of nitrogens with two attached hydrogens (primary N) is 1. The number of pyridine rings is 1. The van der Waals surface area contributed by atoms with Crippen LogP contribution < -0.4 is 11.1 Å². The highest BCUT2D eigenvalue weighted by Gasteiger charge is 2.54. The summed E-state index contributed by atoms with van der Waals surface area (Å²) < 4.78 is 5.49. The van der Waals surface area contributed by atoms with Gasteiger partial charge in [-0.15, -0.1) is 6.58 Å². The number of anilines is 1. The monoisotopic (exact) mass is 499 g/mol. The Bertz CT molecular complexity index is 1320. The first-order valence-electron chi connectivity index (χ1n) is 11.9. The first-order chi connectivity index (χ1) is 17.9. The van der Waals surface area contributed by atoms with Crippen LogP contribution in [-0.2, 0) is 4.79 Å². The molecule has 1 aromatic carbocycles. The van der Waals surface area contributed by atoms with Crippen LogP contribution in [0.15, 0.2) is 65.7 Å². The summed E-state index contributed by atoms with van der Waals surface area (Å²) in [6, 6.07) is 12.1. The van der Waals surface area contributed by atoms with E-state index in [0.29, 0.717) is 28.8 Å². The first kappa shape index (κ1) is 25.5.